The number of anilines is 1. The van der Waals surface area contributed by atoms with Crippen LogP contribution in [0.25, 0.3) is 11.6 Å². The molecule has 32 heavy (non-hydrogen) atoms. The number of amides is 2. The maximum absolute atomic E-state index is 12.5. The molecule has 0 radical (unpaired) electrons. The number of rotatable bonds is 10. The summed E-state index contributed by atoms with van der Waals surface area (Å²) in [6, 6.07) is 7.77. The minimum absolute atomic E-state index is 0.0279. The molecule has 3 rings (SSSR count). The average Bonchev–Trinajstić information content (AvgIpc) is 3.23. The maximum atomic E-state index is 12.5. The molecule has 162 valence electrons. The molecule has 0 aliphatic carbocycles. The molecular formula is C21H30B5N3O3. The lowest BCUT2D eigenvalue weighted by Gasteiger charge is -2.16. The van der Waals surface area contributed by atoms with Crippen LogP contribution in [0.2, 0.25) is 6.32 Å². The van der Waals surface area contributed by atoms with Gasteiger partial charge in [-0.25, -0.2) is 5.48 Å². The van der Waals surface area contributed by atoms with Crippen LogP contribution in [0.4, 0.5) is 10.5 Å². The van der Waals surface area contributed by atoms with Gasteiger partial charge in [-0.3, -0.25) is 14.4 Å². The van der Waals surface area contributed by atoms with Gasteiger partial charge in [0.2, 0.25) is 6.60 Å². The van der Waals surface area contributed by atoms with Gasteiger partial charge in [0, 0.05) is 36.1 Å². The van der Waals surface area contributed by atoms with E-state index in [0.29, 0.717) is 12.0 Å². The lowest BCUT2D eigenvalue weighted by Crippen LogP contribution is -2.52. The Labute approximate surface area is 193 Å². The van der Waals surface area contributed by atoms with Crippen molar-refractivity contribution >= 4 is 64.6 Å². The van der Waals surface area contributed by atoms with Gasteiger partial charge in [-0.1, -0.05) is 30.9 Å². The van der Waals surface area contributed by atoms with Crippen molar-refractivity contribution in [3.8, 4) is 0 Å². The van der Waals surface area contributed by atoms with Gasteiger partial charge in [0.15, 0.2) is 5.81 Å². The Balaban J connectivity index is 1.67. The zero-order valence-corrected chi connectivity index (χ0v) is 19.8. The van der Waals surface area contributed by atoms with E-state index in [-0.39, 0.29) is 18.3 Å². The SMILES string of the molecule is BBB(B)B(CCCCc1c(C)[nH]c(/C=C2\C(=O)Nc3ccccc32)c1C)C(=O)NOC. The molecule has 0 spiro atoms. The van der Waals surface area contributed by atoms with Gasteiger partial charge >= 0.3 is 0 Å². The second kappa shape index (κ2) is 10.9. The number of carbonyl (C=O) groups excluding carboxylic acids is 2. The van der Waals surface area contributed by atoms with Gasteiger partial charge < -0.3 is 10.3 Å². The van der Waals surface area contributed by atoms with E-state index in [2.05, 4.69) is 45.1 Å². The number of aryl methyl sites for hydroxylation is 1. The molecule has 1 aliphatic rings. The van der Waals surface area contributed by atoms with E-state index in [0.717, 1.165) is 55.3 Å². The quantitative estimate of drug-likeness (QED) is 0.229. The monoisotopic (exact) mass is 427 g/mol. The molecule has 3 N–H and O–H groups in total. The summed E-state index contributed by atoms with van der Waals surface area (Å²) in [6.07, 6.45) is 6.05. The number of aromatic nitrogens is 1. The average molecular weight is 427 g/mol. The summed E-state index contributed by atoms with van der Waals surface area (Å²) >= 11 is 0. The third-order valence-electron chi connectivity index (χ3n) is 6.69. The highest BCUT2D eigenvalue weighted by Crippen LogP contribution is 2.33. The van der Waals surface area contributed by atoms with E-state index < -0.39 is 0 Å². The Morgan fingerprint density at radius 2 is 2.03 bits per heavy atom. The van der Waals surface area contributed by atoms with Crippen LogP contribution in [0.5, 0.6) is 0 Å². The largest absolute Gasteiger partial charge is 0.359 e. The molecule has 0 fully saturated rings. The minimum Gasteiger partial charge on any atom is -0.359 e. The molecule has 6 nitrogen and oxygen atoms in total. The van der Waals surface area contributed by atoms with E-state index in [1.165, 1.54) is 18.2 Å². The Hall–Kier alpha value is -2.54. The van der Waals surface area contributed by atoms with E-state index >= 15 is 0 Å². The summed E-state index contributed by atoms with van der Waals surface area (Å²) in [5, 5.41) is 2.93. The smallest absolute Gasteiger partial charge is 0.256 e. The predicted octanol–water partition coefficient (Wildman–Crippen LogP) is 0.979. The molecular weight excluding hydrogens is 396 g/mol. The van der Waals surface area contributed by atoms with Crippen LogP contribution in [-0.2, 0) is 16.1 Å². The number of unbranched alkanes of at least 4 members (excludes halogenated alkanes) is 1. The fourth-order valence-electron chi connectivity index (χ4n) is 4.56. The first-order chi connectivity index (χ1) is 15.4. The van der Waals surface area contributed by atoms with Gasteiger partial charge in [0.1, 0.15) is 0 Å². The van der Waals surface area contributed by atoms with Crippen molar-refractivity contribution < 1.29 is 14.4 Å². The number of benzene rings is 1. The van der Waals surface area contributed by atoms with E-state index in [1.807, 2.05) is 30.3 Å². The summed E-state index contributed by atoms with van der Waals surface area (Å²) in [4.78, 5) is 33.1. The van der Waals surface area contributed by atoms with Crippen LogP contribution in [0.1, 0.15) is 40.9 Å². The van der Waals surface area contributed by atoms with E-state index in [9.17, 15) is 9.59 Å². The van der Waals surface area contributed by atoms with Gasteiger partial charge in [0.25, 0.3) is 5.91 Å². The van der Waals surface area contributed by atoms with Gasteiger partial charge in [0.05, 0.1) is 28.2 Å². The molecule has 2 heterocycles. The maximum Gasteiger partial charge on any atom is 0.256 e. The Kier molecular flexibility index (Phi) is 8.18. The zero-order chi connectivity index (χ0) is 23.3. The van der Waals surface area contributed by atoms with Crippen molar-refractivity contribution in [2.24, 2.45) is 0 Å². The van der Waals surface area contributed by atoms with Crippen LogP contribution in [0.3, 0.4) is 0 Å². The standard InChI is InChI=1S/C21H30B5N3O3/c1-13-15(8-6-7-11-25(26(23)24-22)21(31)29-32-3)14(2)27-19(13)12-17-16-9-4-5-10-18(16)28-20(17)30/h4-5,9-10,12,24,27H,6-8,11,22-23H2,1-3H3,(H,28,30)(H,29,31)/b17-12-. The molecule has 1 aliphatic heterocycles. The van der Waals surface area contributed by atoms with E-state index in [4.69, 9.17) is 4.84 Å². The van der Waals surface area contributed by atoms with Gasteiger partial charge in [-0.2, -0.15) is 0 Å². The number of fused-ring (bicyclic) bond motifs is 1. The highest BCUT2D eigenvalue weighted by atomic mass is 16.6. The summed E-state index contributed by atoms with van der Waals surface area (Å²) in [7, 11) is 6.68. The first-order valence-electron chi connectivity index (χ1n) is 11.5. The third-order valence-corrected chi connectivity index (χ3v) is 6.69. The fourth-order valence-corrected chi connectivity index (χ4v) is 4.56. The molecule has 0 unspecified atom stereocenters. The molecule has 1 aromatic carbocycles. The first-order valence-corrected chi connectivity index (χ1v) is 11.5. The second-order valence-corrected chi connectivity index (χ2v) is 8.73. The highest BCUT2D eigenvalue weighted by molar-refractivity contribution is 7.71. The normalized spacial score (nSPS) is 13.6. The highest BCUT2D eigenvalue weighted by Gasteiger charge is 2.29. The van der Waals surface area contributed by atoms with Gasteiger partial charge in [-0.05, 0) is 50.0 Å². The van der Waals surface area contributed by atoms with Crippen molar-refractivity contribution in [1.29, 1.82) is 0 Å². The Morgan fingerprint density at radius 1 is 1.28 bits per heavy atom. The third kappa shape index (κ3) is 5.26. The molecule has 1 aromatic heterocycles. The molecule has 0 saturated heterocycles. The number of carbonyl (C=O) groups is 2. The summed E-state index contributed by atoms with van der Waals surface area (Å²) < 4.78 is 0. The van der Waals surface area contributed by atoms with Crippen molar-refractivity contribution in [2.75, 3.05) is 12.4 Å². The second-order valence-electron chi connectivity index (χ2n) is 8.73. The molecule has 0 saturated carbocycles. The number of nitrogens with one attached hydrogen (secondary N) is 3. The molecule has 0 bridgehead atoms. The van der Waals surface area contributed by atoms with Crippen molar-refractivity contribution in [3.05, 3.63) is 52.3 Å². The van der Waals surface area contributed by atoms with Crippen LogP contribution in [0.15, 0.2) is 24.3 Å². The zero-order valence-electron chi connectivity index (χ0n) is 19.8. The lowest BCUT2D eigenvalue weighted by atomic mass is 8.84. The molecule has 0 atom stereocenters. The number of hydrogen-bond acceptors (Lipinski definition) is 3. The molecule has 11 heteroatoms. The predicted molar refractivity (Wildman–Crippen MR) is 142 cm³/mol. The van der Waals surface area contributed by atoms with Crippen LogP contribution in [0, 0.1) is 13.8 Å². The number of H-pyrrole nitrogens is 1. The topological polar surface area (TPSA) is 83.2 Å². The van der Waals surface area contributed by atoms with Crippen LogP contribution < -0.4 is 10.8 Å². The van der Waals surface area contributed by atoms with E-state index in [1.54, 1.807) is 0 Å². The fraction of sp³-hybridized carbons (Fsp3) is 0.333. The minimum atomic E-state index is -0.0650. The van der Waals surface area contributed by atoms with Crippen LogP contribution >= 0.6 is 0 Å². The van der Waals surface area contributed by atoms with Gasteiger partial charge in [-0.15, -0.1) is 0 Å². The summed E-state index contributed by atoms with van der Waals surface area (Å²) in [5.41, 5.74) is 9.59. The number of para-hydroxylation sites is 1. The number of hydroxylamine groups is 1. The van der Waals surface area contributed by atoms with Crippen molar-refractivity contribution in [1.82, 2.24) is 10.5 Å². The number of aromatic amines is 1. The lowest BCUT2D eigenvalue weighted by molar-refractivity contribution is -0.110. The van der Waals surface area contributed by atoms with Crippen molar-refractivity contribution in [3.63, 3.8) is 0 Å². The summed E-state index contributed by atoms with van der Waals surface area (Å²) in [5.74, 6) is -0.0929. The first kappa shape index (κ1) is 24.1. The Morgan fingerprint density at radius 3 is 2.75 bits per heavy atom. The molecule has 2 amide bonds. The summed E-state index contributed by atoms with van der Waals surface area (Å²) in [6.45, 7) is 4.16. The Bertz CT molecular complexity index is 1020. The number of hydrogen-bond donors (Lipinski definition) is 3. The van der Waals surface area contributed by atoms with Crippen molar-refractivity contribution in [2.45, 2.75) is 39.4 Å². The van der Waals surface area contributed by atoms with Crippen LogP contribution in [-0.4, -0.2) is 59.3 Å². The molecule has 2 aromatic rings.